The molecule has 1 atom stereocenters. The van der Waals surface area contributed by atoms with E-state index in [4.69, 9.17) is 9.47 Å². The molecule has 2 heteroatoms. The smallest absolute Gasteiger partial charge is 0.119 e. The van der Waals surface area contributed by atoms with Gasteiger partial charge in [0.2, 0.25) is 0 Å². The highest BCUT2D eigenvalue weighted by Crippen LogP contribution is 2.18. The number of epoxide rings is 1. The molecule has 1 aliphatic heterocycles. The minimum Gasteiger partial charge on any atom is -0.491 e. The fourth-order valence-corrected chi connectivity index (χ4v) is 3.98. The van der Waals surface area contributed by atoms with Gasteiger partial charge in [-0.2, -0.15) is 0 Å². The zero-order valence-electron chi connectivity index (χ0n) is 19.1. The fraction of sp³-hybridized carbons (Fsp3) is 0.778. The maximum atomic E-state index is 5.69. The van der Waals surface area contributed by atoms with Crippen LogP contribution in [0.15, 0.2) is 24.3 Å². The summed E-state index contributed by atoms with van der Waals surface area (Å²) in [5.74, 6) is 0.969. The number of hydrogen-bond acceptors (Lipinski definition) is 2. The highest BCUT2D eigenvalue weighted by Gasteiger charge is 2.22. The van der Waals surface area contributed by atoms with E-state index in [1.807, 2.05) is 0 Å². The van der Waals surface area contributed by atoms with Crippen molar-refractivity contribution in [3.8, 4) is 5.75 Å². The molecule has 0 aliphatic carbocycles. The molecule has 1 aromatic rings. The Kier molecular flexibility index (Phi) is 14.0. The first kappa shape index (κ1) is 24.3. The Balaban J connectivity index is 1.29. The molecule has 0 amide bonds. The van der Waals surface area contributed by atoms with Crippen LogP contribution in [0.3, 0.4) is 0 Å². The van der Waals surface area contributed by atoms with E-state index in [1.54, 1.807) is 0 Å². The fourth-order valence-electron chi connectivity index (χ4n) is 3.98. The van der Waals surface area contributed by atoms with E-state index < -0.39 is 0 Å². The SMILES string of the molecule is CCCCCCCCCCCCCCCCCCc1ccc(OCC2CO2)cc1. The van der Waals surface area contributed by atoms with Gasteiger partial charge in [-0.25, -0.2) is 0 Å². The Hall–Kier alpha value is -1.02. The van der Waals surface area contributed by atoms with E-state index in [1.165, 1.54) is 115 Å². The molecule has 1 heterocycles. The van der Waals surface area contributed by atoms with Gasteiger partial charge in [0, 0.05) is 0 Å². The van der Waals surface area contributed by atoms with Crippen LogP contribution in [0.4, 0.5) is 0 Å². The van der Waals surface area contributed by atoms with Crippen molar-refractivity contribution < 1.29 is 9.47 Å². The highest BCUT2D eigenvalue weighted by atomic mass is 16.6. The Morgan fingerprint density at radius 3 is 1.59 bits per heavy atom. The van der Waals surface area contributed by atoms with Crippen molar-refractivity contribution in [2.45, 2.75) is 122 Å². The maximum absolute atomic E-state index is 5.69. The van der Waals surface area contributed by atoms with Gasteiger partial charge in [0.05, 0.1) is 6.61 Å². The summed E-state index contributed by atoms with van der Waals surface area (Å²) in [6.07, 6.45) is 24.4. The molecule has 2 nitrogen and oxygen atoms in total. The van der Waals surface area contributed by atoms with E-state index in [2.05, 4.69) is 31.2 Å². The van der Waals surface area contributed by atoms with Crippen LogP contribution in [-0.4, -0.2) is 19.3 Å². The van der Waals surface area contributed by atoms with Crippen LogP contribution in [0.1, 0.15) is 115 Å². The van der Waals surface area contributed by atoms with Crippen LogP contribution in [0.5, 0.6) is 5.75 Å². The first-order valence-electron chi connectivity index (χ1n) is 12.7. The Labute approximate surface area is 180 Å². The number of hydrogen-bond donors (Lipinski definition) is 0. The third-order valence-electron chi connectivity index (χ3n) is 6.08. The molecule has 166 valence electrons. The summed E-state index contributed by atoms with van der Waals surface area (Å²) in [5.41, 5.74) is 1.44. The third kappa shape index (κ3) is 13.8. The first-order chi connectivity index (χ1) is 14.4. The maximum Gasteiger partial charge on any atom is 0.119 e. The second-order valence-corrected chi connectivity index (χ2v) is 8.96. The van der Waals surface area contributed by atoms with Gasteiger partial charge in [-0.3, -0.25) is 0 Å². The van der Waals surface area contributed by atoms with Crippen molar-refractivity contribution in [3.05, 3.63) is 29.8 Å². The zero-order chi connectivity index (χ0) is 20.4. The predicted octanol–water partition coefficient (Wildman–Crippen LogP) is 8.27. The average Bonchev–Trinajstić information content (AvgIpc) is 3.57. The normalized spacial score (nSPS) is 15.6. The van der Waals surface area contributed by atoms with Crippen LogP contribution < -0.4 is 4.74 Å². The van der Waals surface area contributed by atoms with Gasteiger partial charge < -0.3 is 9.47 Å². The molecule has 0 aromatic heterocycles. The molecule has 2 rings (SSSR count). The summed E-state index contributed by atoms with van der Waals surface area (Å²) in [6.45, 7) is 3.85. The van der Waals surface area contributed by atoms with Gasteiger partial charge in [-0.05, 0) is 30.5 Å². The van der Waals surface area contributed by atoms with Crippen LogP contribution in [0.25, 0.3) is 0 Å². The molecule has 1 unspecified atom stereocenters. The summed E-state index contributed by atoms with van der Waals surface area (Å²) in [6, 6.07) is 8.64. The van der Waals surface area contributed by atoms with Crippen LogP contribution >= 0.6 is 0 Å². The monoisotopic (exact) mass is 402 g/mol. The lowest BCUT2D eigenvalue weighted by Crippen LogP contribution is -2.03. The van der Waals surface area contributed by atoms with Gasteiger partial charge in [-0.1, -0.05) is 115 Å². The van der Waals surface area contributed by atoms with Gasteiger partial charge >= 0.3 is 0 Å². The summed E-state index contributed by atoms with van der Waals surface area (Å²) in [5, 5.41) is 0. The van der Waals surface area contributed by atoms with E-state index in [0.717, 1.165) is 12.4 Å². The van der Waals surface area contributed by atoms with Crippen LogP contribution in [0.2, 0.25) is 0 Å². The first-order valence-corrected chi connectivity index (χ1v) is 12.7. The lowest BCUT2D eigenvalue weighted by molar-refractivity contribution is 0.263. The van der Waals surface area contributed by atoms with Gasteiger partial charge in [-0.15, -0.1) is 0 Å². The molecule has 29 heavy (non-hydrogen) atoms. The standard InChI is InChI=1S/C27H46O2/c1-2-3-4-5-6-7-8-9-10-11-12-13-14-15-16-17-18-25-19-21-26(22-20-25)28-23-27-24-29-27/h19-22,27H,2-18,23-24H2,1H3. The van der Waals surface area contributed by atoms with Crippen molar-refractivity contribution in [3.63, 3.8) is 0 Å². The minimum atomic E-state index is 0.333. The summed E-state index contributed by atoms with van der Waals surface area (Å²) >= 11 is 0. The average molecular weight is 403 g/mol. The number of aryl methyl sites for hydroxylation is 1. The Morgan fingerprint density at radius 1 is 0.690 bits per heavy atom. The number of unbranched alkanes of at least 4 members (excludes halogenated alkanes) is 15. The lowest BCUT2D eigenvalue weighted by Gasteiger charge is -2.06. The predicted molar refractivity (Wildman–Crippen MR) is 125 cm³/mol. The van der Waals surface area contributed by atoms with Crippen molar-refractivity contribution in [1.82, 2.24) is 0 Å². The zero-order valence-corrected chi connectivity index (χ0v) is 19.1. The van der Waals surface area contributed by atoms with E-state index >= 15 is 0 Å². The van der Waals surface area contributed by atoms with E-state index in [0.29, 0.717) is 12.7 Å². The van der Waals surface area contributed by atoms with E-state index in [9.17, 15) is 0 Å². The number of rotatable bonds is 20. The molecule has 0 N–H and O–H groups in total. The lowest BCUT2D eigenvalue weighted by atomic mass is 10.0. The minimum absolute atomic E-state index is 0.333. The molecule has 0 saturated carbocycles. The van der Waals surface area contributed by atoms with Crippen LogP contribution in [-0.2, 0) is 11.2 Å². The molecular weight excluding hydrogens is 356 g/mol. The van der Waals surface area contributed by atoms with Crippen molar-refractivity contribution in [2.75, 3.05) is 13.2 Å². The molecule has 0 bridgehead atoms. The van der Waals surface area contributed by atoms with E-state index in [-0.39, 0.29) is 0 Å². The number of benzene rings is 1. The molecule has 1 aliphatic rings. The Morgan fingerprint density at radius 2 is 1.14 bits per heavy atom. The molecule has 0 spiro atoms. The highest BCUT2D eigenvalue weighted by molar-refractivity contribution is 5.27. The van der Waals surface area contributed by atoms with Gasteiger partial charge in [0.25, 0.3) is 0 Å². The van der Waals surface area contributed by atoms with Gasteiger partial charge in [0.15, 0.2) is 0 Å². The molecular formula is C27H46O2. The second-order valence-electron chi connectivity index (χ2n) is 8.96. The molecule has 1 aromatic carbocycles. The Bertz CT molecular complexity index is 478. The summed E-state index contributed by atoms with van der Waals surface area (Å²) in [7, 11) is 0. The second kappa shape index (κ2) is 16.7. The van der Waals surface area contributed by atoms with Crippen LogP contribution in [0, 0.1) is 0 Å². The molecule has 0 radical (unpaired) electrons. The van der Waals surface area contributed by atoms with Crippen molar-refractivity contribution in [2.24, 2.45) is 0 Å². The topological polar surface area (TPSA) is 21.8 Å². The summed E-state index contributed by atoms with van der Waals surface area (Å²) in [4.78, 5) is 0. The van der Waals surface area contributed by atoms with Gasteiger partial charge in [0.1, 0.15) is 18.5 Å². The number of ether oxygens (including phenoxy) is 2. The third-order valence-corrected chi connectivity index (χ3v) is 6.08. The quantitative estimate of drug-likeness (QED) is 0.162. The molecule has 1 fully saturated rings. The largest absolute Gasteiger partial charge is 0.491 e. The van der Waals surface area contributed by atoms with Crippen molar-refractivity contribution >= 4 is 0 Å². The summed E-state index contributed by atoms with van der Waals surface area (Å²) < 4.78 is 10.9. The van der Waals surface area contributed by atoms with Crippen molar-refractivity contribution in [1.29, 1.82) is 0 Å². The molecule has 1 saturated heterocycles.